The zero-order valence-corrected chi connectivity index (χ0v) is 12.2. The summed E-state index contributed by atoms with van der Waals surface area (Å²) in [6.07, 6.45) is 2.12. The van der Waals surface area contributed by atoms with Crippen LogP contribution >= 0.6 is 0 Å². The summed E-state index contributed by atoms with van der Waals surface area (Å²) in [6, 6.07) is 0. The minimum atomic E-state index is -4.04. The molecular formula is C6H10O6S2Sn. The van der Waals surface area contributed by atoms with Gasteiger partial charge in [0, 0.05) is 0 Å². The smallest absolute Gasteiger partial charge is 0.748 e. The number of hydrogen-bond acceptors (Lipinski definition) is 6. The fraction of sp³-hybridized carbons (Fsp3) is 0.333. The van der Waals surface area contributed by atoms with E-state index < -0.39 is 31.7 Å². The Bertz CT molecular complexity index is 330. The third-order valence-electron chi connectivity index (χ3n) is 0.644. The molecular weight excluding hydrogens is 351 g/mol. The molecule has 9 heteroatoms. The normalized spacial score (nSPS) is 10.3. The summed E-state index contributed by atoms with van der Waals surface area (Å²) < 4.78 is 57.6. The summed E-state index contributed by atoms with van der Waals surface area (Å²) in [7, 11) is -8.08. The van der Waals surface area contributed by atoms with Gasteiger partial charge in [-0.25, -0.2) is 16.8 Å². The van der Waals surface area contributed by atoms with Crippen LogP contribution in [-0.2, 0) is 20.2 Å². The molecule has 0 aromatic carbocycles. The average molecular weight is 361 g/mol. The van der Waals surface area contributed by atoms with E-state index in [1.165, 1.54) is 0 Å². The Hall–Kier alpha value is 0.0987. The molecule has 0 N–H and O–H groups in total. The van der Waals surface area contributed by atoms with Crippen LogP contribution in [0.1, 0.15) is 0 Å². The minimum absolute atomic E-state index is 0. The van der Waals surface area contributed by atoms with Gasteiger partial charge < -0.3 is 9.11 Å². The monoisotopic (exact) mass is 362 g/mol. The first-order valence-electron chi connectivity index (χ1n) is 3.21. The quantitative estimate of drug-likeness (QED) is 0.363. The molecule has 0 aliphatic heterocycles. The van der Waals surface area contributed by atoms with Gasteiger partial charge >= 0.3 is 23.9 Å². The van der Waals surface area contributed by atoms with E-state index in [4.69, 9.17) is 0 Å². The zero-order chi connectivity index (χ0) is 11.8. The van der Waals surface area contributed by atoms with E-state index in [0.29, 0.717) is 0 Å². The van der Waals surface area contributed by atoms with Crippen molar-refractivity contribution in [3.05, 3.63) is 25.3 Å². The second kappa shape index (κ2) is 9.33. The Labute approximate surface area is 107 Å². The summed E-state index contributed by atoms with van der Waals surface area (Å²) in [5.74, 6) is -0.958. The third-order valence-corrected chi connectivity index (χ3v) is 1.93. The Morgan fingerprint density at radius 2 is 1.07 bits per heavy atom. The summed E-state index contributed by atoms with van der Waals surface area (Å²) in [5, 5.41) is 0. The van der Waals surface area contributed by atoms with Gasteiger partial charge in [0.25, 0.3) is 0 Å². The molecule has 0 unspecified atom stereocenters. The van der Waals surface area contributed by atoms with Crippen LogP contribution in [0.2, 0.25) is 0 Å². The topological polar surface area (TPSA) is 114 Å². The molecule has 86 valence electrons. The van der Waals surface area contributed by atoms with Crippen LogP contribution in [0, 0.1) is 0 Å². The van der Waals surface area contributed by atoms with E-state index in [-0.39, 0.29) is 23.9 Å². The standard InChI is InChI=1S/2C3H6O3S.Sn/c2*1-2-3-7(4,5)6;/h2*2H,1,3H2,(H,4,5,6);/q;;+2/p-2. The summed E-state index contributed by atoms with van der Waals surface area (Å²) in [6.45, 7) is 6.13. The molecule has 0 saturated carbocycles. The molecule has 0 rings (SSSR count). The molecule has 0 aromatic heterocycles. The predicted octanol–water partition coefficient (Wildman–Crippen LogP) is -0.946. The van der Waals surface area contributed by atoms with E-state index >= 15 is 0 Å². The van der Waals surface area contributed by atoms with E-state index in [1.807, 2.05) is 0 Å². The second-order valence-corrected chi connectivity index (χ2v) is 4.92. The van der Waals surface area contributed by atoms with Crippen LogP contribution in [0.25, 0.3) is 0 Å². The maximum atomic E-state index is 9.60. The molecule has 0 aliphatic rings. The van der Waals surface area contributed by atoms with Crippen molar-refractivity contribution in [1.82, 2.24) is 0 Å². The van der Waals surface area contributed by atoms with E-state index in [1.54, 1.807) is 0 Å². The Balaban J connectivity index is -0.000000180. The Morgan fingerprint density at radius 1 is 0.867 bits per heavy atom. The van der Waals surface area contributed by atoms with E-state index in [0.717, 1.165) is 12.2 Å². The van der Waals surface area contributed by atoms with Crippen molar-refractivity contribution in [2.45, 2.75) is 0 Å². The summed E-state index contributed by atoms with van der Waals surface area (Å²) in [4.78, 5) is 0. The molecule has 0 heterocycles. The first-order chi connectivity index (χ1) is 6.12. The number of rotatable bonds is 4. The van der Waals surface area contributed by atoms with Gasteiger partial charge in [0.1, 0.15) is 0 Å². The van der Waals surface area contributed by atoms with Gasteiger partial charge in [-0.15, -0.1) is 13.2 Å². The van der Waals surface area contributed by atoms with E-state index in [2.05, 4.69) is 13.2 Å². The molecule has 0 bridgehead atoms. The van der Waals surface area contributed by atoms with Crippen LogP contribution in [-0.4, -0.2) is 61.4 Å². The molecule has 0 aliphatic carbocycles. The second-order valence-electron chi connectivity index (χ2n) is 2.03. The average Bonchev–Trinajstić information content (AvgIpc) is 1.81. The number of hydrogen-bond donors (Lipinski definition) is 0. The van der Waals surface area contributed by atoms with Crippen molar-refractivity contribution >= 4 is 44.1 Å². The maximum Gasteiger partial charge on any atom is 2.00 e. The molecule has 0 saturated heterocycles. The van der Waals surface area contributed by atoms with Crippen molar-refractivity contribution in [1.29, 1.82) is 0 Å². The van der Waals surface area contributed by atoms with Crippen molar-refractivity contribution in [2.24, 2.45) is 0 Å². The fourth-order valence-corrected chi connectivity index (χ4v) is 0.866. The Morgan fingerprint density at radius 3 is 1.07 bits per heavy atom. The van der Waals surface area contributed by atoms with Crippen molar-refractivity contribution < 1.29 is 25.9 Å². The van der Waals surface area contributed by atoms with Crippen LogP contribution in [0.3, 0.4) is 0 Å². The van der Waals surface area contributed by atoms with Crippen LogP contribution in [0.5, 0.6) is 0 Å². The van der Waals surface area contributed by atoms with Crippen molar-refractivity contribution in [3.8, 4) is 0 Å². The maximum absolute atomic E-state index is 9.60. The summed E-state index contributed by atoms with van der Waals surface area (Å²) in [5.41, 5.74) is 0. The molecule has 0 aromatic rings. The first-order valence-corrected chi connectivity index (χ1v) is 6.37. The molecule has 6 nitrogen and oxygen atoms in total. The van der Waals surface area contributed by atoms with Crippen LogP contribution in [0.15, 0.2) is 25.3 Å². The van der Waals surface area contributed by atoms with Gasteiger partial charge in [0.05, 0.1) is 31.7 Å². The van der Waals surface area contributed by atoms with Gasteiger partial charge in [-0.05, 0) is 0 Å². The molecule has 15 heavy (non-hydrogen) atoms. The summed E-state index contributed by atoms with van der Waals surface area (Å²) >= 11 is 0. The van der Waals surface area contributed by atoms with Crippen LogP contribution in [0.4, 0.5) is 0 Å². The molecule has 0 atom stereocenters. The third kappa shape index (κ3) is 31.5. The molecule has 0 amide bonds. The predicted molar refractivity (Wildman–Crippen MR) is 55.3 cm³/mol. The molecule has 2 radical (unpaired) electrons. The van der Waals surface area contributed by atoms with Crippen molar-refractivity contribution in [3.63, 3.8) is 0 Å². The molecule has 0 spiro atoms. The van der Waals surface area contributed by atoms with Gasteiger partial charge in [-0.3, -0.25) is 0 Å². The largest absolute Gasteiger partial charge is 2.00 e. The van der Waals surface area contributed by atoms with Gasteiger partial charge in [-0.2, -0.15) is 0 Å². The van der Waals surface area contributed by atoms with Gasteiger partial charge in [-0.1, -0.05) is 12.2 Å². The Kier molecular flexibility index (Phi) is 12.8. The zero-order valence-electron chi connectivity index (χ0n) is 7.75. The minimum Gasteiger partial charge on any atom is -0.748 e. The first kappa shape index (κ1) is 20.5. The van der Waals surface area contributed by atoms with Crippen LogP contribution < -0.4 is 0 Å². The SMILES string of the molecule is C=CCS(=O)(=O)[O-].C=CCS(=O)(=O)[O-].[Sn+2]. The molecule has 0 fully saturated rings. The fourth-order valence-electron chi connectivity index (χ4n) is 0.289. The van der Waals surface area contributed by atoms with Gasteiger partial charge in [0.15, 0.2) is 0 Å². The van der Waals surface area contributed by atoms with E-state index in [9.17, 15) is 25.9 Å². The van der Waals surface area contributed by atoms with Gasteiger partial charge in [0.2, 0.25) is 0 Å². The van der Waals surface area contributed by atoms with Crippen molar-refractivity contribution in [2.75, 3.05) is 11.5 Å².